The highest BCUT2D eigenvalue weighted by atomic mass is 16.3. The Kier molecular flexibility index (Phi) is 4.48. The van der Waals surface area contributed by atoms with Gasteiger partial charge in [-0.25, -0.2) is 0 Å². The number of allylic oxidation sites excluding steroid dienone is 4. The average molecular weight is 374 g/mol. The average Bonchev–Trinajstić information content (AvgIpc) is 2.86. The summed E-state index contributed by atoms with van der Waals surface area (Å²) in [5.41, 5.74) is 0.488. The van der Waals surface area contributed by atoms with Gasteiger partial charge in [0, 0.05) is 17.8 Å². The molecule has 5 heteroatoms. The van der Waals surface area contributed by atoms with Crippen LogP contribution in [0.4, 0.5) is 0 Å². The Bertz CT molecular complexity index is 724. The quantitative estimate of drug-likeness (QED) is 0.700. The third kappa shape index (κ3) is 2.70. The monoisotopic (exact) mass is 374 g/mol. The van der Waals surface area contributed by atoms with Crippen molar-refractivity contribution in [3.8, 4) is 0 Å². The van der Waals surface area contributed by atoms with Crippen molar-refractivity contribution in [2.75, 3.05) is 6.61 Å². The third-order valence-corrected chi connectivity index (χ3v) is 8.36. The number of aliphatic hydroxyl groups is 3. The summed E-state index contributed by atoms with van der Waals surface area (Å²) in [7, 11) is 0. The lowest BCUT2D eigenvalue weighted by molar-refractivity contribution is -0.132. The number of Topliss-reactive ketones (excluding diaryl/α,β-unsaturated/α-hetero) is 1. The van der Waals surface area contributed by atoms with Crippen LogP contribution in [-0.4, -0.2) is 45.7 Å². The summed E-state index contributed by atoms with van der Waals surface area (Å²) in [6.07, 6.45) is 7.32. The van der Waals surface area contributed by atoms with E-state index in [1.54, 1.807) is 12.2 Å². The van der Waals surface area contributed by atoms with Crippen LogP contribution in [0.15, 0.2) is 23.8 Å². The van der Waals surface area contributed by atoms with Gasteiger partial charge in [0.1, 0.15) is 6.61 Å². The van der Waals surface area contributed by atoms with Crippen molar-refractivity contribution in [1.29, 1.82) is 0 Å². The number of hydrogen-bond acceptors (Lipinski definition) is 5. The van der Waals surface area contributed by atoms with Gasteiger partial charge in [-0.3, -0.25) is 9.59 Å². The fourth-order valence-corrected chi connectivity index (χ4v) is 7.12. The molecule has 4 rings (SSSR count). The molecular formula is C22H30O5. The lowest BCUT2D eigenvalue weighted by atomic mass is 9.46. The van der Waals surface area contributed by atoms with E-state index in [2.05, 4.69) is 13.8 Å². The van der Waals surface area contributed by atoms with Crippen molar-refractivity contribution in [2.24, 2.45) is 34.5 Å². The molecule has 8 unspecified atom stereocenters. The molecule has 4 aliphatic carbocycles. The van der Waals surface area contributed by atoms with Gasteiger partial charge in [0.15, 0.2) is 11.6 Å². The van der Waals surface area contributed by atoms with Gasteiger partial charge in [-0.05, 0) is 61.0 Å². The van der Waals surface area contributed by atoms with Crippen LogP contribution < -0.4 is 0 Å². The summed E-state index contributed by atoms with van der Waals surface area (Å²) in [4.78, 5) is 23.7. The summed E-state index contributed by atoms with van der Waals surface area (Å²) in [5.74, 6) is 0.0804. The molecule has 8 atom stereocenters. The standard InChI is InChI=1S/C22H30O5/c1-21-6-5-13(24)7-12(21)3-4-15-16-9-18(26)17(8-14(25)11-23)22(16,2)10-19(27)20(15)21/h5-7,15-20,23,26-27H,3-4,8-11H2,1-2H3. The van der Waals surface area contributed by atoms with E-state index in [-0.39, 0.29) is 52.5 Å². The fraction of sp³-hybridized carbons (Fsp3) is 0.727. The van der Waals surface area contributed by atoms with E-state index in [4.69, 9.17) is 5.11 Å². The number of aliphatic hydroxyl groups excluding tert-OH is 3. The molecule has 3 saturated carbocycles. The van der Waals surface area contributed by atoms with Crippen LogP contribution in [0.3, 0.4) is 0 Å². The maximum Gasteiger partial charge on any atom is 0.178 e. The van der Waals surface area contributed by atoms with E-state index >= 15 is 0 Å². The van der Waals surface area contributed by atoms with Crippen LogP contribution in [0.25, 0.3) is 0 Å². The van der Waals surface area contributed by atoms with Crippen molar-refractivity contribution in [3.05, 3.63) is 23.8 Å². The van der Waals surface area contributed by atoms with Gasteiger partial charge in [-0.1, -0.05) is 25.5 Å². The fourth-order valence-electron chi connectivity index (χ4n) is 7.12. The molecule has 0 aromatic rings. The van der Waals surface area contributed by atoms with Crippen molar-refractivity contribution in [2.45, 2.75) is 58.2 Å². The summed E-state index contributed by atoms with van der Waals surface area (Å²) in [6, 6.07) is 0. The van der Waals surface area contributed by atoms with E-state index in [1.807, 2.05) is 6.08 Å². The number of fused-ring (bicyclic) bond motifs is 5. The lowest BCUT2D eigenvalue weighted by Crippen LogP contribution is -2.56. The molecule has 4 aliphatic rings. The highest BCUT2D eigenvalue weighted by Crippen LogP contribution is 2.66. The Morgan fingerprint density at radius 3 is 2.70 bits per heavy atom. The van der Waals surface area contributed by atoms with Gasteiger partial charge in [0.25, 0.3) is 0 Å². The largest absolute Gasteiger partial charge is 0.393 e. The normalized spacial score (nSPS) is 48.5. The second-order valence-corrected chi connectivity index (χ2v) is 9.61. The molecule has 0 heterocycles. The number of carbonyl (C=O) groups excluding carboxylic acids is 2. The molecule has 0 spiro atoms. The number of carbonyl (C=O) groups is 2. The van der Waals surface area contributed by atoms with E-state index in [1.165, 1.54) is 0 Å². The Morgan fingerprint density at radius 1 is 1.26 bits per heavy atom. The van der Waals surface area contributed by atoms with Crippen LogP contribution in [0.5, 0.6) is 0 Å². The highest BCUT2D eigenvalue weighted by molar-refractivity contribution is 6.01. The summed E-state index contributed by atoms with van der Waals surface area (Å²) < 4.78 is 0. The minimum atomic E-state index is -0.574. The molecule has 0 aliphatic heterocycles. The molecule has 0 aromatic heterocycles. The predicted octanol–water partition coefficient (Wildman–Crippen LogP) is 1.80. The number of hydrogen-bond donors (Lipinski definition) is 3. The van der Waals surface area contributed by atoms with Gasteiger partial charge < -0.3 is 15.3 Å². The second-order valence-electron chi connectivity index (χ2n) is 9.61. The number of rotatable bonds is 3. The zero-order chi connectivity index (χ0) is 19.6. The molecule has 5 nitrogen and oxygen atoms in total. The minimum absolute atomic E-state index is 0.0231. The first kappa shape index (κ1) is 19.0. The first-order valence-electron chi connectivity index (χ1n) is 10.1. The zero-order valence-electron chi connectivity index (χ0n) is 16.1. The molecule has 27 heavy (non-hydrogen) atoms. The lowest BCUT2D eigenvalue weighted by Gasteiger charge is -2.58. The Balaban J connectivity index is 1.69. The summed E-state index contributed by atoms with van der Waals surface area (Å²) >= 11 is 0. The Morgan fingerprint density at radius 2 is 2.00 bits per heavy atom. The van der Waals surface area contributed by atoms with Crippen molar-refractivity contribution < 1.29 is 24.9 Å². The minimum Gasteiger partial charge on any atom is -0.393 e. The van der Waals surface area contributed by atoms with Crippen molar-refractivity contribution in [3.63, 3.8) is 0 Å². The van der Waals surface area contributed by atoms with Crippen LogP contribution in [0.1, 0.15) is 46.0 Å². The third-order valence-electron chi connectivity index (χ3n) is 8.36. The summed E-state index contributed by atoms with van der Waals surface area (Å²) in [6.45, 7) is 3.74. The topological polar surface area (TPSA) is 94.8 Å². The molecule has 0 bridgehead atoms. The van der Waals surface area contributed by atoms with Gasteiger partial charge in [-0.2, -0.15) is 0 Å². The van der Waals surface area contributed by atoms with Crippen LogP contribution in [0.2, 0.25) is 0 Å². The van der Waals surface area contributed by atoms with Crippen LogP contribution in [0, 0.1) is 34.5 Å². The smallest absolute Gasteiger partial charge is 0.178 e. The van der Waals surface area contributed by atoms with Gasteiger partial charge in [0.2, 0.25) is 0 Å². The SMILES string of the molecule is CC12C=CC(=O)C=C1CCC1C2C(O)CC2(C)C(CC(=O)CO)C(O)CC12. The highest BCUT2D eigenvalue weighted by Gasteiger charge is 2.63. The van der Waals surface area contributed by atoms with E-state index in [0.717, 1.165) is 18.4 Å². The second kappa shape index (κ2) is 6.36. The summed E-state index contributed by atoms with van der Waals surface area (Å²) in [5, 5.41) is 31.1. The first-order chi connectivity index (χ1) is 12.7. The predicted molar refractivity (Wildman–Crippen MR) is 99.6 cm³/mol. The van der Waals surface area contributed by atoms with Crippen LogP contribution in [-0.2, 0) is 9.59 Å². The molecule has 3 N–H and O–H groups in total. The maximum absolute atomic E-state index is 11.9. The molecule has 0 saturated heterocycles. The Hall–Kier alpha value is -1.30. The van der Waals surface area contributed by atoms with Gasteiger partial charge in [0.05, 0.1) is 12.2 Å². The maximum atomic E-state index is 11.9. The van der Waals surface area contributed by atoms with E-state index in [9.17, 15) is 19.8 Å². The molecule has 148 valence electrons. The molecule has 0 amide bonds. The first-order valence-corrected chi connectivity index (χ1v) is 10.1. The molecule has 0 radical (unpaired) electrons. The van der Waals surface area contributed by atoms with Gasteiger partial charge >= 0.3 is 0 Å². The van der Waals surface area contributed by atoms with Gasteiger partial charge in [-0.15, -0.1) is 0 Å². The molecule has 3 fully saturated rings. The van der Waals surface area contributed by atoms with E-state index < -0.39 is 18.8 Å². The zero-order valence-corrected chi connectivity index (χ0v) is 16.1. The molecular weight excluding hydrogens is 344 g/mol. The number of ketones is 2. The Labute approximate surface area is 160 Å². The van der Waals surface area contributed by atoms with E-state index in [0.29, 0.717) is 12.8 Å². The molecule has 0 aromatic carbocycles. The van der Waals surface area contributed by atoms with Crippen molar-refractivity contribution in [1.82, 2.24) is 0 Å². The van der Waals surface area contributed by atoms with Crippen LogP contribution >= 0.6 is 0 Å². The van der Waals surface area contributed by atoms with Crippen molar-refractivity contribution >= 4 is 11.6 Å².